The second-order valence-corrected chi connectivity index (χ2v) is 6.88. The van der Waals surface area contributed by atoms with Gasteiger partial charge in [-0.15, -0.1) is 0 Å². The molecule has 0 radical (unpaired) electrons. The molecule has 0 atom stereocenters. The monoisotopic (exact) mass is 240 g/mol. The zero-order chi connectivity index (χ0) is 12.0. The molecule has 0 bridgehead atoms. The quantitative estimate of drug-likeness (QED) is 0.726. The summed E-state index contributed by atoms with van der Waals surface area (Å²) in [6, 6.07) is 1.13. The molecular weight excluding hydrogens is 216 g/mol. The van der Waals surface area contributed by atoms with Crippen LogP contribution in [0.2, 0.25) is 0 Å². The fraction of sp³-hybridized carbons (Fsp3) is 0.923. The Kier molecular flexibility index (Phi) is 2.94. The predicted molar refractivity (Wildman–Crippen MR) is 72.5 cm³/mol. The standard InChI is InChI=1S/C13H24N2S/c1-12(2)10(13(12,3)4)15-11(16)14-9-7-5-6-8-9/h9-10H,5-8H2,1-4H3,(H2,14,15,16). The molecule has 2 N–H and O–H groups in total. The first-order valence-electron chi connectivity index (χ1n) is 6.43. The third-order valence-electron chi connectivity index (χ3n) is 4.99. The summed E-state index contributed by atoms with van der Waals surface area (Å²) in [5.41, 5.74) is 0.711. The lowest BCUT2D eigenvalue weighted by Crippen LogP contribution is -2.43. The van der Waals surface area contributed by atoms with Gasteiger partial charge >= 0.3 is 0 Å². The fourth-order valence-corrected chi connectivity index (χ4v) is 3.27. The van der Waals surface area contributed by atoms with Crippen molar-refractivity contribution in [3.8, 4) is 0 Å². The summed E-state index contributed by atoms with van der Waals surface area (Å²) in [4.78, 5) is 0. The van der Waals surface area contributed by atoms with Crippen molar-refractivity contribution in [3.63, 3.8) is 0 Å². The van der Waals surface area contributed by atoms with E-state index in [1.165, 1.54) is 25.7 Å². The highest BCUT2D eigenvalue weighted by Crippen LogP contribution is 2.62. The lowest BCUT2D eigenvalue weighted by Gasteiger charge is -2.16. The van der Waals surface area contributed by atoms with Gasteiger partial charge in [0.05, 0.1) is 0 Å². The van der Waals surface area contributed by atoms with Crippen LogP contribution < -0.4 is 10.6 Å². The van der Waals surface area contributed by atoms with E-state index in [-0.39, 0.29) is 0 Å². The molecule has 0 amide bonds. The van der Waals surface area contributed by atoms with Crippen LogP contribution in [0, 0.1) is 10.8 Å². The Morgan fingerprint density at radius 3 is 1.94 bits per heavy atom. The third kappa shape index (κ3) is 1.94. The second-order valence-electron chi connectivity index (χ2n) is 6.48. The van der Waals surface area contributed by atoms with E-state index >= 15 is 0 Å². The van der Waals surface area contributed by atoms with Gasteiger partial charge in [-0.3, -0.25) is 0 Å². The van der Waals surface area contributed by atoms with E-state index in [4.69, 9.17) is 12.2 Å². The lowest BCUT2D eigenvalue weighted by molar-refractivity contribution is 0.457. The van der Waals surface area contributed by atoms with Crippen molar-refractivity contribution in [1.29, 1.82) is 0 Å². The van der Waals surface area contributed by atoms with Crippen molar-refractivity contribution in [2.24, 2.45) is 10.8 Å². The Morgan fingerprint density at radius 2 is 1.50 bits per heavy atom. The summed E-state index contributed by atoms with van der Waals surface area (Å²) in [5, 5.41) is 7.78. The average molecular weight is 240 g/mol. The van der Waals surface area contributed by atoms with Crippen LogP contribution in [0.25, 0.3) is 0 Å². The maximum absolute atomic E-state index is 5.39. The molecule has 2 aliphatic carbocycles. The van der Waals surface area contributed by atoms with E-state index in [2.05, 4.69) is 38.3 Å². The number of hydrogen-bond donors (Lipinski definition) is 2. The van der Waals surface area contributed by atoms with Crippen molar-refractivity contribution < 1.29 is 0 Å². The van der Waals surface area contributed by atoms with Crippen LogP contribution in [-0.4, -0.2) is 17.2 Å². The van der Waals surface area contributed by atoms with Crippen molar-refractivity contribution in [2.45, 2.75) is 65.5 Å². The molecule has 3 heteroatoms. The minimum atomic E-state index is 0.356. The first-order chi connectivity index (χ1) is 7.35. The van der Waals surface area contributed by atoms with Gasteiger partial charge in [-0.05, 0) is 35.9 Å². The van der Waals surface area contributed by atoms with Crippen molar-refractivity contribution in [3.05, 3.63) is 0 Å². The topological polar surface area (TPSA) is 24.1 Å². The van der Waals surface area contributed by atoms with Crippen LogP contribution in [0.4, 0.5) is 0 Å². The molecule has 0 aromatic carbocycles. The summed E-state index contributed by atoms with van der Waals surface area (Å²) in [5.74, 6) is 0. The Morgan fingerprint density at radius 1 is 1.00 bits per heavy atom. The van der Waals surface area contributed by atoms with Gasteiger partial charge in [0.2, 0.25) is 0 Å². The fourth-order valence-electron chi connectivity index (χ4n) is 2.99. The van der Waals surface area contributed by atoms with Gasteiger partial charge < -0.3 is 10.6 Å². The zero-order valence-corrected chi connectivity index (χ0v) is 11.7. The molecule has 92 valence electrons. The SMILES string of the molecule is CC1(C)C(NC(=S)NC2CCCC2)C1(C)C. The molecule has 0 spiro atoms. The van der Waals surface area contributed by atoms with Crippen LogP contribution in [0.3, 0.4) is 0 Å². The number of rotatable bonds is 2. The Hall–Kier alpha value is -0.310. The molecule has 0 aromatic heterocycles. The van der Waals surface area contributed by atoms with Crippen LogP contribution in [-0.2, 0) is 0 Å². The van der Waals surface area contributed by atoms with E-state index in [0.717, 1.165) is 5.11 Å². The largest absolute Gasteiger partial charge is 0.360 e. The van der Waals surface area contributed by atoms with Gasteiger partial charge in [-0.25, -0.2) is 0 Å². The smallest absolute Gasteiger partial charge is 0.166 e. The molecule has 0 heterocycles. The number of thiocarbonyl (C=S) groups is 1. The molecular formula is C13H24N2S. The lowest BCUT2D eigenvalue weighted by atomic mass is 10.0. The second kappa shape index (κ2) is 3.86. The maximum Gasteiger partial charge on any atom is 0.166 e. The zero-order valence-electron chi connectivity index (χ0n) is 10.9. The minimum absolute atomic E-state index is 0.356. The van der Waals surface area contributed by atoms with Crippen LogP contribution >= 0.6 is 12.2 Å². The molecule has 16 heavy (non-hydrogen) atoms. The van der Waals surface area contributed by atoms with E-state index in [0.29, 0.717) is 22.9 Å². The van der Waals surface area contributed by atoms with E-state index in [1.54, 1.807) is 0 Å². The van der Waals surface area contributed by atoms with Crippen molar-refractivity contribution >= 4 is 17.3 Å². The van der Waals surface area contributed by atoms with Gasteiger partial charge in [-0.1, -0.05) is 40.5 Å². The predicted octanol–water partition coefficient (Wildman–Crippen LogP) is 2.83. The molecule has 0 saturated heterocycles. The van der Waals surface area contributed by atoms with Gasteiger partial charge in [0.15, 0.2) is 5.11 Å². The van der Waals surface area contributed by atoms with Crippen LogP contribution in [0.5, 0.6) is 0 Å². The van der Waals surface area contributed by atoms with E-state index < -0.39 is 0 Å². The number of nitrogens with one attached hydrogen (secondary N) is 2. The molecule has 2 nitrogen and oxygen atoms in total. The summed E-state index contributed by atoms with van der Waals surface area (Å²) in [7, 11) is 0. The summed E-state index contributed by atoms with van der Waals surface area (Å²) in [6.07, 6.45) is 5.25. The molecule has 0 aromatic rings. The summed E-state index contributed by atoms with van der Waals surface area (Å²) >= 11 is 5.39. The minimum Gasteiger partial charge on any atom is -0.360 e. The Balaban J connectivity index is 1.80. The maximum atomic E-state index is 5.39. The normalized spacial score (nSPS) is 27.8. The molecule has 0 aliphatic heterocycles. The molecule has 2 fully saturated rings. The highest BCUT2D eigenvalue weighted by Gasteiger charge is 2.65. The van der Waals surface area contributed by atoms with Gasteiger partial charge in [0.25, 0.3) is 0 Å². The van der Waals surface area contributed by atoms with Crippen molar-refractivity contribution in [2.75, 3.05) is 0 Å². The molecule has 2 rings (SSSR count). The van der Waals surface area contributed by atoms with E-state index in [9.17, 15) is 0 Å². The summed E-state index contributed by atoms with van der Waals surface area (Å²) in [6.45, 7) is 9.23. The Bertz CT molecular complexity index is 276. The van der Waals surface area contributed by atoms with Gasteiger partial charge in [-0.2, -0.15) is 0 Å². The van der Waals surface area contributed by atoms with Gasteiger partial charge in [0, 0.05) is 12.1 Å². The molecule has 2 aliphatic rings. The molecule has 2 saturated carbocycles. The van der Waals surface area contributed by atoms with E-state index in [1.807, 2.05) is 0 Å². The van der Waals surface area contributed by atoms with Crippen molar-refractivity contribution in [1.82, 2.24) is 10.6 Å². The Labute approximate surface area is 105 Å². The average Bonchev–Trinajstić information content (AvgIpc) is 2.63. The van der Waals surface area contributed by atoms with Crippen LogP contribution in [0.1, 0.15) is 53.4 Å². The first-order valence-corrected chi connectivity index (χ1v) is 6.83. The highest BCUT2D eigenvalue weighted by atomic mass is 32.1. The van der Waals surface area contributed by atoms with Gasteiger partial charge in [0.1, 0.15) is 0 Å². The highest BCUT2D eigenvalue weighted by molar-refractivity contribution is 7.80. The first kappa shape index (κ1) is 12.2. The molecule has 0 unspecified atom stereocenters. The number of hydrogen-bond acceptors (Lipinski definition) is 1. The van der Waals surface area contributed by atoms with Crippen LogP contribution in [0.15, 0.2) is 0 Å². The third-order valence-corrected chi connectivity index (χ3v) is 5.22. The summed E-state index contributed by atoms with van der Waals surface area (Å²) < 4.78 is 0.